The number of piperidine rings is 1. The van der Waals surface area contributed by atoms with Gasteiger partial charge in [-0.3, -0.25) is 0 Å². The van der Waals surface area contributed by atoms with Gasteiger partial charge in [0.1, 0.15) is 0 Å². The Kier molecular flexibility index (Phi) is 5.75. The first-order valence-corrected chi connectivity index (χ1v) is 9.09. The smallest absolute Gasteiger partial charge is 0.211 e. The van der Waals surface area contributed by atoms with Crippen LogP contribution in [0.3, 0.4) is 0 Å². The Hall–Kier alpha value is -0.950. The number of hydrogen-bond donors (Lipinski definition) is 1. The maximum Gasteiger partial charge on any atom is 0.211 e. The zero-order chi connectivity index (χ0) is 15.3. The first kappa shape index (κ1) is 16.4. The molecule has 0 unspecified atom stereocenters. The Morgan fingerprint density at radius 1 is 1.29 bits per heavy atom. The van der Waals surface area contributed by atoms with E-state index in [1.54, 1.807) is 11.4 Å². The lowest BCUT2D eigenvalue weighted by Gasteiger charge is -2.30. The molecule has 0 amide bonds. The highest BCUT2D eigenvalue weighted by atomic mass is 32.2. The number of rotatable bonds is 6. The van der Waals surface area contributed by atoms with Crippen LogP contribution in [0, 0.1) is 0 Å². The number of methoxy groups -OCH3 is 1. The average molecular weight is 312 g/mol. The minimum atomic E-state index is -3.04. The topological polar surface area (TPSA) is 58.6 Å². The fourth-order valence-corrected chi connectivity index (χ4v) is 3.52. The van der Waals surface area contributed by atoms with Crippen molar-refractivity contribution in [3.63, 3.8) is 0 Å². The van der Waals surface area contributed by atoms with Crippen molar-refractivity contribution in [3.05, 3.63) is 35.4 Å². The number of hydrogen-bond acceptors (Lipinski definition) is 4. The fraction of sp³-hybridized carbons (Fsp3) is 0.600. The number of nitrogens with zero attached hydrogens (tertiary/aromatic N) is 1. The Morgan fingerprint density at radius 2 is 1.95 bits per heavy atom. The van der Waals surface area contributed by atoms with Gasteiger partial charge in [-0.15, -0.1) is 0 Å². The van der Waals surface area contributed by atoms with E-state index in [1.807, 2.05) is 6.07 Å². The molecule has 1 heterocycles. The highest BCUT2D eigenvalue weighted by Gasteiger charge is 2.24. The van der Waals surface area contributed by atoms with Gasteiger partial charge >= 0.3 is 0 Å². The van der Waals surface area contributed by atoms with Crippen molar-refractivity contribution in [1.29, 1.82) is 0 Å². The molecule has 0 atom stereocenters. The van der Waals surface area contributed by atoms with E-state index < -0.39 is 10.0 Å². The minimum absolute atomic E-state index is 0.383. The summed E-state index contributed by atoms with van der Waals surface area (Å²) in [5, 5.41) is 3.52. The molecule has 1 fully saturated rings. The summed E-state index contributed by atoms with van der Waals surface area (Å²) in [4.78, 5) is 0. The number of ether oxygens (including phenoxy) is 1. The highest BCUT2D eigenvalue weighted by molar-refractivity contribution is 7.88. The molecule has 0 aliphatic carbocycles. The minimum Gasteiger partial charge on any atom is -0.380 e. The molecule has 1 aromatic carbocycles. The number of sulfonamides is 1. The molecule has 0 radical (unpaired) electrons. The SMILES string of the molecule is COCc1cccc(CNC2CCN(S(C)(=O)=O)CC2)c1. The zero-order valence-electron chi connectivity index (χ0n) is 12.7. The van der Waals surface area contributed by atoms with Crippen molar-refractivity contribution < 1.29 is 13.2 Å². The van der Waals surface area contributed by atoms with E-state index in [1.165, 1.54) is 17.4 Å². The van der Waals surface area contributed by atoms with Crippen LogP contribution in [0.5, 0.6) is 0 Å². The molecule has 1 saturated heterocycles. The van der Waals surface area contributed by atoms with Crippen molar-refractivity contribution in [1.82, 2.24) is 9.62 Å². The maximum atomic E-state index is 11.5. The second-order valence-electron chi connectivity index (χ2n) is 5.57. The van der Waals surface area contributed by atoms with Crippen molar-refractivity contribution in [2.24, 2.45) is 0 Å². The van der Waals surface area contributed by atoms with Gasteiger partial charge in [0.25, 0.3) is 0 Å². The molecule has 1 N–H and O–H groups in total. The predicted octanol–water partition coefficient (Wildman–Crippen LogP) is 1.35. The van der Waals surface area contributed by atoms with E-state index in [2.05, 4.69) is 23.5 Å². The molecule has 0 saturated carbocycles. The van der Waals surface area contributed by atoms with E-state index >= 15 is 0 Å². The lowest BCUT2D eigenvalue weighted by atomic mass is 10.1. The summed E-state index contributed by atoms with van der Waals surface area (Å²) in [5.41, 5.74) is 2.40. The number of benzene rings is 1. The molecular formula is C15H24N2O3S. The second kappa shape index (κ2) is 7.35. The molecule has 21 heavy (non-hydrogen) atoms. The quantitative estimate of drug-likeness (QED) is 0.861. The number of nitrogens with one attached hydrogen (secondary N) is 1. The van der Waals surface area contributed by atoms with Crippen molar-refractivity contribution in [3.8, 4) is 0 Å². The molecular weight excluding hydrogens is 288 g/mol. The van der Waals surface area contributed by atoms with Gasteiger partial charge in [-0.1, -0.05) is 24.3 Å². The third-order valence-corrected chi connectivity index (χ3v) is 5.12. The van der Waals surface area contributed by atoms with Crippen LogP contribution in [0.1, 0.15) is 24.0 Å². The third-order valence-electron chi connectivity index (χ3n) is 3.82. The molecule has 0 spiro atoms. The van der Waals surface area contributed by atoms with Crippen LogP contribution in [0.2, 0.25) is 0 Å². The van der Waals surface area contributed by atoms with E-state index in [0.29, 0.717) is 25.7 Å². The summed E-state index contributed by atoms with van der Waals surface area (Å²) >= 11 is 0. The van der Waals surface area contributed by atoms with Gasteiger partial charge in [0.2, 0.25) is 10.0 Å². The molecule has 2 rings (SSSR count). The monoisotopic (exact) mass is 312 g/mol. The molecule has 5 nitrogen and oxygen atoms in total. The van der Waals surface area contributed by atoms with Gasteiger partial charge in [0.05, 0.1) is 12.9 Å². The predicted molar refractivity (Wildman–Crippen MR) is 83.4 cm³/mol. The molecule has 0 bridgehead atoms. The van der Waals surface area contributed by atoms with Crippen LogP contribution in [-0.4, -0.2) is 45.2 Å². The first-order chi connectivity index (χ1) is 9.99. The lowest BCUT2D eigenvalue weighted by molar-refractivity contribution is 0.185. The van der Waals surface area contributed by atoms with E-state index in [4.69, 9.17) is 4.74 Å². The normalized spacial score (nSPS) is 18.0. The summed E-state index contributed by atoms with van der Waals surface area (Å²) < 4.78 is 29.6. The Morgan fingerprint density at radius 3 is 2.57 bits per heavy atom. The van der Waals surface area contributed by atoms with E-state index in [-0.39, 0.29) is 0 Å². The van der Waals surface area contributed by atoms with Gasteiger partial charge in [-0.2, -0.15) is 0 Å². The van der Waals surface area contributed by atoms with Crippen LogP contribution in [0.4, 0.5) is 0 Å². The van der Waals surface area contributed by atoms with Crippen LogP contribution >= 0.6 is 0 Å². The Bertz CT molecular complexity index is 552. The van der Waals surface area contributed by atoms with Gasteiger partial charge in [-0.25, -0.2) is 12.7 Å². The summed E-state index contributed by atoms with van der Waals surface area (Å²) in [6.07, 6.45) is 3.01. The standard InChI is InChI=1S/C15H24N2O3S/c1-20-12-14-5-3-4-13(10-14)11-16-15-6-8-17(9-7-15)21(2,18)19/h3-5,10,15-16H,6-9,11-12H2,1-2H3. The summed E-state index contributed by atoms with van der Waals surface area (Å²) in [5.74, 6) is 0. The lowest BCUT2D eigenvalue weighted by Crippen LogP contribution is -2.44. The molecule has 118 valence electrons. The van der Waals surface area contributed by atoms with Crippen LogP contribution in [0.15, 0.2) is 24.3 Å². The van der Waals surface area contributed by atoms with Crippen molar-refractivity contribution in [2.75, 3.05) is 26.5 Å². The molecule has 1 aromatic rings. The fourth-order valence-electron chi connectivity index (χ4n) is 2.65. The van der Waals surface area contributed by atoms with Crippen LogP contribution in [-0.2, 0) is 27.9 Å². The third kappa shape index (κ3) is 5.07. The largest absolute Gasteiger partial charge is 0.380 e. The average Bonchev–Trinajstić information content (AvgIpc) is 2.45. The van der Waals surface area contributed by atoms with Crippen molar-refractivity contribution >= 4 is 10.0 Å². The van der Waals surface area contributed by atoms with Gasteiger partial charge in [-0.05, 0) is 24.0 Å². The van der Waals surface area contributed by atoms with Gasteiger partial charge in [0.15, 0.2) is 0 Å². The second-order valence-corrected chi connectivity index (χ2v) is 7.55. The molecule has 0 aromatic heterocycles. The van der Waals surface area contributed by atoms with Crippen LogP contribution in [0.25, 0.3) is 0 Å². The summed E-state index contributed by atoms with van der Waals surface area (Å²) in [6, 6.07) is 8.71. The summed E-state index contributed by atoms with van der Waals surface area (Å²) in [6.45, 7) is 2.65. The van der Waals surface area contributed by atoms with Crippen LogP contribution < -0.4 is 5.32 Å². The Labute approximate surface area is 127 Å². The highest BCUT2D eigenvalue weighted by Crippen LogP contribution is 2.14. The maximum absolute atomic E-state index is 11.5. The van der Waals surface area contributed by atoms with E-state index in [9.17, 15) is 8.42 Å². The Balaban J connectivity index is 1.81. The van der Waals surface area contributed by atoms with Gasteiger partial charge < -0.3 is 10.1 Å². The first-order valence-electron chi connectivity index (χ1n) is 7.24. The van der Waals surface area contributed by atoms with Crippen molar-refractivity contribution in [2.45, 2.75) is 32.0 Å². The molecule has 1 aliphatic rings. The van der Waals surface area contributed by atoms with Gasteiger partial charge in [0, 0.05) is 32.8 Å². The summed E-state index contributed by atoms with van der Waals surface area (Å²) in [7, 11) is -1.34. The molecule has 6 heteroatoms. The zero-order valence-corrected chi connectivity index (χ0v) is 13.5. The molecule has 1 aliphatic heterocycles. The van der Waals surface area contributed by atoms with E-state index in [0.717, 1.165) is 19.4 Å².